The van der Waals surface area contributed by atoms with Crippen LogP contribution in [0.2, 0.25) is 0 Å². The topological polar surface area (TPSA) is 0 Å². The van der Waals surface area contributed by atoms with Gasteiger partial charge in [-0.3, -0.25) is 0 Å². The van der Waals surface area contributed by atoms with Crippen LogP contribution in [-0.4, -0.2) is 5.33 Å². The highest BCUT2D eigenvalue weighted by atomic mass is 79.9. The largest absolute Gasteiger partial charge is 0.0991 e. The Labute approximate surface area is 53.1 Å². The van der Waals surface area contributed by atoms with E-state index in [9.17, 15) is 0 Å². The van der Waals surface area contributed by atoms with Crippen molar-refractivity contribution in [3.05, 3.63) is 24.3 Å². The Kier molecular flexibility index (Phi) is 4.10. The lowest BCUT2D eigenvalue weighted by Crippen LogP contribution is -1.70. The molecule has 0 saturated heterocycles. The van der Waals surface area contributed by atoms with E-state index in [1.807, 2.05) is 6.08 Å². The zero-order valence-electron chi connectivity index (χ0n) is 4.45. The second-order valence-electron chi connectivity index (χ2n) is 1.38. The van der Waals surface area contributed by atoms with Gasteiger partial charge in [0.2, 0.25) is 0 Å². The zero-order valence-corrected chi connectivity index (χ0v) is 6.03. The summed E-state index contributed by atoms with van der Waals surface area (Å²) >= 11 is 3.30. The van der Waals surface area contributed by atoms with Crippen LogP contribution in [-0.2, 0) is 0 Å². The molecule has 0 aromatic rings. The monoisotopic (exact) mass is 160 g/mol. The summed E-state index contributed by atoms with van der Waals surface area (Å²) in [5, 5.41) is 0.943. The molecule has 0 nitrogen and oxygen atoms in total. The number of rotatable bonds is 2. The van der Waals surface area contributed by atoms with Crippen LogP contribution < -0.4 is 0 Å². The number of alkyl halides is 1. The lowest BCUT2D eigenvalue weighted by atomic mass is 10.3. The molecule has 0 aromatic carbocycles. The average molecular weight is 161 g/mol. The molecule has 0 atom stereocenters. The summed E-state index contributed by atoms with van der Waals surface area (Å²) in [4.78, 5) is 0. The van der Waals surface area contributed by atoms with Crippen LogP contribution in [0.4, 0.5) is 0 Å². The first-order valence-electron chi connectivity index (χ1n) is 2.15. The van der Waals surface area contributed by atoms with Gasteiger partial charge in [-0.05, 0) is 6.92 Å². The zero-order chi connectivity index (χ0) is 5.70. The summed E-state index contributed by atoms with van der Waals surface area (Å²) in [6.07, 6.45) is 3.77. The van der Waals surface area contributed by atoms with Crippen molar-refractivity contribution in [2.75, 3.05) is 5.33 Å². The Hall–Kier alpha value is -0.0400. The first kappa shape index (κ1) is 6.96. The minimum absolute atomic E-state index is 0.943. The van der Waals surface area contributed by atoms with E-state index in [2.05, 4.69) is 29.4 Å². The molecular formula is C6H9Br. The van der Waals surface area contributed by atoms with E-state index in [0.717, 1.165) is 5.33 Å². The fourth-order valence-corrected chi connectivity index (χ4v) is 0.433. The maximum atomic E-state index is 3.55. The van der Waals surface area contributed by atoms with Crippen molar-refractivity contribution in [3.8, 4) is 0 Å². The van der Waals surface area contributed by atoms with Gasteiger partial charge in [0, 0.05) is 5.33 Å². The quantitative estimate of drug-likeness (QED) is 0.431. The van der Waals surface area contributed by atoms with Gasteiger partial charge in [0.15, 0.2) is 0 Å². The van der Waals surface area contributed by atoms with Crippen LogP contribution in [0.3, 0.4) is 0 Å². The average Bonchev–Trinajstić information content (AvgIpc) is 1.68. The molecular weight excluding hydrogens is 152 g/mol. The smallest absolute Gasteiger partial charge is 0.0242 e. The Bertz CT molecular complexity index is 82.2. The molecule has 0 radical (unpaired) electrons. The molecule has 0 fully saturated rings. The molecule has 0 saturated carbocycles. The Morgan fingerprint density at radius 2 is 2.43 bits per heavy atom. The number of halogens is 1. The molecule has 40 valence electrons. The minimum atomic E-state index is 0.943. The van der Waals surface area contributed by atoms with Crippen LogP contribution in [0.5, 0.6) is 0 Å². The highest BCUT2D eigenvalue weighted by Crippen LogP contribution is 1.95. The first-order valence-corrected chi connectivity index (χ1v) is 3.27. The van der Waals surface area contributed by atoms with Gasteiger partial charge in [0.1, 0.15) is 0 Å². The fraction of sp³-hybridized carbons (Fsp3) is 0.333. The molecule has 0 amide bonds. The van der Waals surface area contributed by atoms with Gasteiger partial charge in [-0.25, -0.2) is 0 Å². The second kappa shape index (κ2) is 4.13. The maximum absolute atomic E-state index is 3.55. The van der Waals surface area contributed by atoms with Gasteiger partial charge in [0.05, 0.1) is 0 Å². The molecule has 0 unspecified atom stereocenters. The molecule has 0 bridgehead atoms. The Morgan fingerprint density at radius 3 is 2.57 bits per heavy atom. The van der Waals surface area contributed by atoms with Gasteiger partial charge >= 0.3 is 0 Å². The van der Waals surface area contributed by atoms with Crippen molar-refractivity contribution >= 4 is 15.9 Å². The van der Waals surface area contributed by atoms with Crippen LogP contribution >= 0.6 is 15.9 Å². The first-order chi connectivity index (χ1) is 3.31. The molecule has 0 spiro atoms. The molecule has 0 aromatic heterocycles. The van der Waals surface area contributed by atoms with Gasteiger partial charge in [0.25, 0.3) is 0 Å². The molecule has 0 aliphatic carbocycles. The molecule has 7 heavy (non-hydrogen) atoms. The molecule has 0 aliphatic heterocycles. The SMILES string of the molecule is C=CC=C(C)CBr. The van der Waals surface area contributed by atoms with E-state index in [1.54, 1.807) is 6.08 Å². The summed E-state index contributed by atoms with van der Waals surface area (Å²) in [6.45, 7) is 5.60. The summed E-state index contributed by atoms with van der Waals surface area (Å²) in [6, 6.07) is 0. The highest BCUT2D eigenvalue weighted by molar-refractivity contribution is 9.09. The lowest BCUT2D eigenvalue weighted by Gasteiger charge is -1.84. The summed E-state index contributed by atoms with van der Waals surface area (Å²) < 4.78 is 0. The molecule has 0 heterocycles. The summed E-state index contributed by atoms with van der Waals surface area (Å²) in [5.74, 6) is 0. The van der Waals surface area contributed by atoms with Crippen LogP contribution in [0.25, 0.3) is 0 Å². The van der Waals surface area contributed by atoms with Crippen LogP contribution in [0.15, 0.2) is 24.3 Å². The lowest BCUT2D eigenvalue weighted by molar-refractivity contribution is 1.43. The van der Waals surface area contributed by atoms with Gasteiger partial charge < -0.3 is 0 Å². The van der Waals surface area contributed by atoms with E-state index >= 15 is 0 Å². The predicted molar refractivity (Wildman–Crippen MR) is 37.7 cm³/mol. The summed E-state index contributed by atoms with van der Waals surface area (Å²) in [7, 11) is 0. The summed E-state index contributed by atoms with van der Waals surface area (Å²) in [5.41, 5.74) is 1.30. The Morgan fingerprint density at radius 1 is 1.86 bits per heavy atom. The molecule has 0 N–H and O–H groups in total. The standard InChI is InChI=1S/C6H9Br/c1-3-4-6(2)5-7/h3-4H,1,5H2,2H3. The van der Waals surface area contributed by atoms with Crippen molar-refractivity contribution < 1.29 is 0 Å². The predicted octanol–water partition coefficient (Wildman–Crippen LogP) is 2.51. The van der Waals surface area contributed by atoms with E-state index in [-0.39, 0.29) is 0 Å². The van der Waals surface area contributed by atoms with Crippen molar-refractivity contribution in [3.63, 3.8) is 0 Å². The van der Waals surface area contributed by atoms with Crippen molar-refractivity contribution in [2.24, 2.45) is 0 Å². The fourth-order valence-electron chi connectivity index (χ4n) is 0.246. The van der Waals surface area contributed by atoms with E-state index in [0.29, 0.717) is 0 Å². The van der Waals surface area contributed by atoms with E-state index < -0.39 is 0 Å². The van der Waals surface area contributed by atoms with E-state index in [1.165, 1.54) is 5.57 Å². The third kappa shape index (κ3) is 3.80. The second-order valence-corrected chi connectivity index (χ2v) is 1.94. The maximum Gasteiger partial charge on any atom is 0.0242 e. The van der Waals surface area contributed by atoms with Gasteiger partial charge in [-0.2, -0.15) is 0 Å². The Balaban J connectivity index is 3.49. The molecule has 0 rings (SSSR count). The van der Waals surface area contributed by atoms with Crippen LogP contribution in [0.1, 0.15) is 6.92 Å². The van der Waals surface area contributed by atoms with Crippen molar-refractivity contribution in [2.45, 2.75) is 6.92 Å². The number of hydrogen-bond donors (Lipinski definition) is 0. The van der Waals surface area contributed by atoms with Crippen molar-refractivity contribution in [1.29, 1.82) is 0 Å². The van der Waals surface area contributed by atoms with Gasteiger partial charge in [-0.15, -0.1) is 0 Å². The highest BCUT2D eigenvalue weighted by Gasteiger charge is 1.76. The normalized spacial score (nSPS) is 11.4. The van der Waals surface area contributed by atoms with E-state index in [4.69, 9.17) is 0 Å². The van der Waals surface area contributed by atoms with Crippen LogP contribution in [0, 0.1) is 0 Å². The molecule has 1 heteroatoms. The minimum Gasteiger partial charge on any atom is -0.0991 e. The van der Waals surface area contributed by atoms with Gasteiger partial charge in [-0.1, -0.05) is 40.2 Å². The third-order valence-corrected chi connectivity index (χ3v) is 1.50. The number of allylic oxidation sites excluding steroid dienone is 3. The van der Waals surface area contributed by atoms with Crippen molar-refractivity contribution in [1.82, 2.24) is 0 Å². The number of hydrogen-bond acceptors (Lipinski definition) is 0. The molecule has 0 aliphatic rings. The third-order valence-electron chi connectivity index (χ3n) is 0.613.